The maximum absolute atomic E-state index is 6.34. The summed E-state index contributed by atoms with van der Waals surface area (Å²) in [7, 11) is 3.76. The van der Waals surface area contributed by atoms with Gasteiger partial charge in [-0.2, -0.15) is 5.10 Å². The molecule has 1 heterocycles. The highest BCUT2D eigenvalue weighted by atomic mass is 35.5. The van der Waals surface area contributed by atoms with E-state index in [1.165, 1.54) is 11.3 Å². The summed E-state index contributed by atoms with van der Waals surface area (Å²) in [6.07, 6.45) is 1.74. The largest absolute Gasteiger partial charge is 0.383 e. The SMILES string of the molecule is COCCN(C)c1cc(N2CCN(Cc3ccccc3Cl)CC2)ccc1C=NNC(N)=S. The van der Waals surface area contributed by atoms with Gasteiger partial charge in [-0.25, -0.2) is 0 Å². The quantitative estimate of drug-likeness (QED) is 0.329. The number of hydrazone groups is 1. The van der Waals surface area contributed by atoms with E-state index >= 15 is 0 Å². The number of ether oxygens (including phenoxy) is 1. The van der Waals surface area contributed by atoms with E-state index in [4.69, 9.17) is 34.3 Å². The molecular weight excluding hydrogens is 444 g/mol. The molecule has 0 amide bonds. The topological polar surface area (TPSA) is 69.4 Å². The minimum atomic E-state index is 0.141. The van der Waals surface area contributed by atoms with Crippen molar-refractivity contribution in [2.45, 2.75) is 6.54 Å². The molecule has 0 unspecified atom stereocenters. The molecule has 1 fully saturated rings. The zero-order valence-electron chi connectivity index (χ0n) is 18.6. The first-order chi connectivity index (χ1) is 15.5. The number of benzene rings is 2. The highest BCUT2D eigenvalue weighted by Crippen LogP contribution is 2.27. The van der Waals surface area contributed by atoms with Gasteiger partial charge in [-0.1, -0.05) is 29.8 Å². The molecule has 2 aromatic carbocycles. The third-order valence-corrected chi connectivity index (χ3v) is 5.98. The maximum atomic E-state index is 6.34. The predicted molar refractivity (Wildman–Crippen MR) is 138 cm³/mol. The number of hydrogen-bond donors (Lipinski definition) is 2. The van der Waals surface area contributed by atoms with Crippen LogP contribution in [-0.4, -0.2) is 69.7 Å². The molecule has 0 aliphatic carbocycles. The summed E-state index contributed by atoms with van der Waals surface area (Å²) >= 11 is 11.2. The Balaban J connectivity index is 1.70. The second kappa shape index (κ2) is 12.0. The highest BCUT2D eigenvalue weighted by molar-refractivity contribution is 7.80. The van der Waals surface area contributed by atoms with Crippen LogP contribution >= 0.6 is 23.8 Å². The molecule has 3 N–H and O–H groups in total. The van der Waals surface area contributed by atoms with Crippen molar-refractivity contribution in [3.05, 3.63) is 58.6 Å². The molecule has 32 heavy (non-hydrogen) atoms. The van der Waals surface area contributed by atoms with Gasteiger partial charge in [0.25, 0.3) is 0 Å². The van der Waals surface area contributed by atoms with E-state index in [1.807, 2.05) is 18.2 Å². The maximum Gasteiger partial charge on any atom is 0.184 e. The number of thiocarbonyl (C=S) groups is 1. The fourth-order valence-electron chi connectivity index (χ4n) is 3.71. The zero-order valence-corrected chi connectivity index (χ0v) is 20.2. The lowest BCUT2D eigenvalue weighted by Crippen LogP contribution is -2.46. The first kappa shape index (κ1) is 24.3. The summed E-state index contributed by atoms with van der Waals surface area (Å²) < 4.78 is 5.26. The summed E-state index contributed by atoms with van der Waals surface area (Å²) in [6, 6.07) is 14.5. The molecule has 9 heteroatoms. The Labute approximate surface area is 200 Å². The number of rotatable bonds is 9. The van der Waals surface area contributed by atoms with Gasteiger partial charge in [0.05, 0.1) is 12.8 Å². The van der Waals surface area contributed by atoms with Crippen molar-refractivity contribution in [3.63, 3.8) is 0 Å². The number of methoxy groups -OCH3 is 1. The molecule has 1 saturated heterocycles. The number of halogens is 1. The summed E-state index contributed by atoms with van der Waals surface area (Å²) in [6.45, 7) is 6.19. The van der Waals surface area contributed by atoms with E-state index in [9.17, 15) is 0 Å². The van der Waals surface area contributed by atoms with Crippen molar-refractivity contribution in [2.75, 3.05) is 63.3 Å². The Morgan fingerprint density at radius 2 is 2.00 bits per heavy atom. The normalized spacial score (nSPS) is 14.7. The molecule has 0 aromatic heterocycles. The van der Waals surface area contributed by atoms with Crippen LogP contribution in [0.2, 0.25) is 5.02 Å². The van der Waals surface area contributed by atoms with Gasteiger partial charge in [0.15, 0.2) is 5.11 Å². The second-order valence-electron chi connectivity index (χ2n) is 7.75. The number of hydrogen-bond acceptors (Lipinski definition) is 6. The summed E-state index contributed by atoms with van der Waals surface area (Å²) in [5.41, 5.74) is 12.5. The van der Waals surface area contributed by atoms with Gasteiger partial charge in [-0.3, -0.25) is 10.3 Å². The van der Waals surface area contributed by atoms with Crippen LogP contribution in [0, 0.1) is 0 Å². The standard InChI is InChI=1S/C23H31ClN6OS/c1-28(13-14-31-2)22-15-20(8-7-18(22)16-26-27-23(25)32)30-11-9-29(10-12-30)17-19-5-3-4-6-21(19)24/h3-8,15-16H,9-14,17H2,1-2H3,(H3,25,27,32). The van der Waals surface area contributed by atoms with Crippen molar-refractivity contribution in [3.8, 4) is 0 Å². The zero-order chi connectivity index (χ0) is 22.9. The fraction of sp³-hybridized carbons (Fsp3) is 0.391. The molecule has 0 atom stereocenters. The van der Waals surface area contributed by atoms with E-state index in [2.05, 4.69) is 56.5 Å². The Morgan fingerprint density at radius 3 is 2.69 bits per heavy atom. The van der Waals surface area contributed by atoms with E-state index in [1.54, 1.807) is 13.3 Å². The van der Waals surface area contributed by atoms with Crippen molar-refractivity contribution in [2.24, 2.45) is 10.8 Å². The lowest BCUT2D eigenvalue weighted by atomic mass is 10.1. The smallest absolute Gasteiger partial charge is 0.184 e. The van der Waals surface area contributed by atoms with Gasteiger partial charge in [0, 0.05) is 75.4 Å². The minimum absolute atomic E-state index is 0.141. The lowest BCUT2D eigenvalue weighted by molar-refractivity contribution is 0.206. The third kappa shape index (κ3) is 6.80. The van der Waals surface area contributed by atoms with Crippen molar-refractivity contribution < 1.29 is 4.74 Å². The van der Waals surface area contributed by atoms with Crippen LogP contribution < -0.4 is 21.0 Å². The molecule has 0 spiro atoms. The molecule has 172 valence electrons. The predicted octanol–water partition coefficient (Wildman–Crippen LogP) is 2.91. The van der Waals surface area contributed by atoms with Crippen LogP contribution in [-0.2, 0) is 11.3 Å². The van der Waals surface area contributed by atoms with E-state index < -0.39 is 0 Å². The average Bonchev–Trinajstić information content (AvgIpc) is 2.79. The molecule has 1 aliphatic rings. The monoisotopic (exact) mass is 474 g/mol. The average molecular weight is 475 g/mol. The highest BCUT2D eigenvalue weighted by Gasteiger charge is 2.19. The number of nitrogens with two attached hydrogens (primary N) is 1. The summed E-state index contributed by atoms with van der Waals surface area (Å²) in [5.74, 6) is 0. The Hall–Kier alpha value is -2.39. The number of likely N-dealkylation sites (N-methyl/N-ethyl adjacent to an activating group) is 1. The number of anilines is 2. The number of piperazine rings is 1. The lowest BCUT2D eigenvalue weighted by Gasteiger charge is -2.37. The van der Waals surface area contributed by atoms with E-state index in [0.717, 1.165) is 55.5 Å². The number of nitrogens with zero attached hydrogens (tertiary/aromatic N) is 4. The minimum Gasteiger partial charge on any atom is -0.383 e. The third-order valence-electron chi connectivity index (χ3n) is 5.52. The first-order valence-electron chi connectivity index (χ1n) is 10.6. The van der Waals surface area contributed by atoms with Gasteiger partial charge in [-0.15, -0.1) is 0 Å². The fourth-order valence-corrected chi connectivity index (χ4v) is 3.96. The molecular formula is C23H31ClN6OS. The van der Waals surface area contributed by atoms with Crippen LogP contribution in [0.25, 0.3) is 0 Å². The molecule has 0 bridgehead atoms. The van der Waals surface area contributed by atoms with Gasteiger partial charge < -0.3 is 20.3 Å². The van der Waals surface area contributed by atoms with Crippen molar-refractivity contribution >= 4 is 46.5 Å². The van der Waals surface area contributed by atoms with Gasteiger partial charge in [0.2, 0.25) is 0 Å². The van der Waals surface area contributed by atoms with Gasteiger partial charge in [-0.05, 0) is 42.0 Å². The molecule has 7 nitrogen and oxygen atoms in total. The van der Waals surface area contributed by atoms with Gasteiger partial charge >= 0.3 is 0 Å². The Bertz CT molecular complexity index is 932. The van der Waals surface area contributed by atoms with E-state index in [0.29, 0.717) is 6.61 Å². The molecule has 1 aliphatic heterocycles. The van der Waals surface area contributed by atoms with Crippen LogP contribution in [0.5, 0.6) is 0 Å². The first-order valence-corrected chi connectivity index (χ1v) is 11.4. The van der Waals surface area contributed by atoms with Crippen molar-refractivity contribution in [1.82, 2.24) is 10.3 Å². The van der Waals surface area contributed by atoms with Crippen molar-refractivity contribution in [1.29, 1.82) is 0 Å². The molecule has 2 aromatic rings. The van der Waals surface area contributed by atoms with Crippen LogP contribution in [0.15, 0.2) is 47.6 Å². The van der Waals surface area contributed by atoms with Crippen LogP contribution in [0.3, 0.4) is 0 Å². The second-order valence-corrected chi connectivity index (χ2v) is 8.59. The van der Waals surface area contributed by atoms with Crippen LogP contribution in [0.4, 0.5) is 11.4 Å². The van der Waals surface area contributed by atoms with Gasteiger partial charge in [0.1, 0.15) is 0 Å². The molecule has 0 radical (unpaired) electrons. The van der Waals surface area contributed by atoms with E-state index in [-0.39, 0.29) is 5.11 Å². The Kier molecular flexibility index (Phi) is 9.11. The number of nitrogens with one attached hydrogen (secondary N) is 1. The summed E-state index contributed by atoms with van der Waals surface area (Å²) in [4.78, 5) is 7.04. The molecule has 0 saturated carbocycles. The Morgan fingerprint density at radius 1 is 1.25 bits per heavy atom. The van der Waals surface area contributed by atoms with Crippen LogP contribution in [0.1, 0.15) is 11.1 Å². The summed E-state index contributed by atoms with van der Waals surface area (Å²) in [5, 5.41) is 5.11. The molecule has 3 rings (SSSR count).